The van der Waals surface area contributed by atoms with Crippen LogP contribution in [0.4, 0.5) is 4.79 Å². The van der Waals surface area contributed by atoms with Gasteiger partial charge >= 0.3 is 6.09 Å². The fourth-order valence-electron chi connectivity index (χ4n) is 6.51. The normalized spacial score (nSPS) is 18.0. The second-order valence-corrected chi connectivity index (χ2v) is 12.2. The topological polar surface area (TPSA) is 91.0 Å². The standard InChI is InChI=1S/C37H46N4O4/c42-34-33(20-10-11-24-38-36(44)45-29-32-17-8-3-9-18-32)39-35(43)37(41(34)26-21-31-15-6-2-7-16-31)22-27-40(28-23-37)25-12-19-30-13-4-1-5-14-30/h1-9,13-18,33H,10-12,19-29H2,(H,38,44)(H,39,43). The Morgan fingerprint density at radius 1 is 0.778 bits per heavy atom. The minimum Gasteiger partial charge on any atom is -0.445 e. The van der Waals surface area contributed by atoms with E-state index >= 15 is 0 Å². The lowest BCUT2D eigenvalue weighted by atomic mass is 9.81. The van der Waals surface area contributed by atoms with E-state index in [9.17, 15) is 14.4 Å². The number of benzene rings is 3. The highest BCUT2D eigenvalue weighted by atomic mass is 16.5. The third-order valence-electron chi connectivity index (χ3n) is 9.14. The molecule has 2 aliphatic heterocycles. The molecule has 2 saturated heterocycles. The third-order valence-corrected chi connectivity index (χ3v) is 9.14. The van der Waals surface area contributed by atoms with E-state index in [0.717, 1.165) is 43.6 Å². The predicted molar refractivity (Wildman–Crippen MR) is 175 cm³/mol. The van der Waals surface area contributed by atoms with Crippen LogP contribution in [0.5, 0.6) is 0 Å². The van der Waals surface area contributed by atoms with Crippen molar-refractivity contribution in [1.82, 2.24) is 20.4 Å². The fourth-order valence-corrected chi connectivity index (χ4v) is 6.51. The van der Waals surface area contributed by atoms with E-state index in [4.69, 9.17) is 4.74 Å². The van der Waals surface area contributed by atoms with E-state index in [0.29, 0.717) is 51.6 Å². The molecule has 1 unspecified atom stereocenters. The zero-order valence-corrected chi connectivity index (χ0v) is 26.2. The number of piperidine rings is 1. The number of piperazine rings is 1. The van der Waals surface area contributed by atoms with Gasteiger partial charge in [-0.05, 0) is 74.6 Å². The Labute approximate surface area is 267 Å². The van der Waals surface area contributed by atoms with Gasteiger partial charge in [-0.1, -0.05) is 91.0 Å². The maximum atomic E-state index is 14.0. The molecule has 0 bridgehead atoms. The second kappa shape index (κ2) is 16.2. The van der Waals surface area contributed by atoms with Gasteiger partial charge in [-0.3, -0.25) is 9.59 Å². The summed E-state index contributed by atoms with van der Waals surface area (Å²) in [7, 11) is 0. The van der Waals surface area contributed by atoms with E-state index in [1.54, 1.807) is 0 Å². The minimum atomic E-state index is -0.803. The van der Waals surface area contributed by atoms with Crippen LogP contribution in [-0.2, 0) is 33.8 Å². The van der Waals surface area contributed by atoms with Crippen molar-refractivity contribution in [2.75, 3.05) is 32.7 Å². The summed E-state index contributed by atoms with van der Waals surface area (Å²) in [5, 5.41) is 5.90. The van der Waals surface area contributed by atoms with Crippen molar-refractivity contribution in [1.29, 1.82) is 0 Å². The average molecular weight is 611 g/mol. The molecule has 0 radical (unpaired) electrons. The predicted octanol–water partition coefficient (Wildman–Crippen LogP) is 5.12. The van der Waals surface area contributed by atoms with Crippen molar-refractivity contribution in [2.45, 2.75) is 69.6 Å². The minimum absolute atomic E-state index is 0.0123. The van der Waals surface area contributed by atoms with Crippen LogP contribution in [0.25, 0.3) is 0 Å². The first-order chi connectivity index (χ1) is 22.0. The molecule has 45 heavy (non-hydrogen) atoms. The van der Waals surface area contributed by atoms with Crippen molar-refractivity contribution in [3.63, 3.8) is 0 Å². The van der Waals surface area contributed by atoms with Gasteiger partial charge in [-0.25, -0.2) is 4.79 Å². The number of aryl methyl sites for hydroxylation is 1. The molecular weight excluding hydrogens is 564 g/mol. The highest BCUT2D eigenvalue weighted by Gasteiger charge is 2.53. The summed E-state index contributed by atoms with van der Waals surface area (Å²) in [6, 6.07) is 29.7. The van der Waals surface area contributed by atoms with Crippen LogP contribution < -0.4 is 10.6 Å². The molecule has 3 aromatic carbocycles. The van der Waals surface area contributed by atoms with Crippen LogP contribution in [0.2, 0.25) is 0 Å². The van der Waals surface area contributed by atoms with Gasteiger partial charge in [0.15, 0.2) is 0 Å². The smallest absolute Gasteiger partial charge is 0.407 e. The summed E-state index contributed by atoms with van der Waals surface area (Å²) in [6.45, 7) is 3.78. The monoisotopic (exact) mass is 610 g/mol. The van der Waals surface area contributed by atoms with Crippen molar-refractivity contribution in [2.24, 2.45) is 0 Å². The largest absolute Gasteiger partial charge is 0.445 e. The van der Waals surface area contributed by atoms with E-state index in [1.807, 2.05) is 59.5 Å². The highest BCUT2D eigenvalue weighted by molar-refractivity contribution is 6.00. The summed E-state index contributed by atoms with van der Waals surface area (Å²) < 4.78 is 5.27. The summed E-state index contributed by atoms with van der Waals surface area (Å²) in [5.41, 5.74) is 2.64. The summed E-state index contributed by atoms with van der Waals surface area (Å²) in [6.07, 6.45) is 5.58. The molecule has 1 atom stereocenters. The molecule has 0 saturated carbocycles. The van der Waals surface area contributed by atoms with Gasteiger partial charge in [0.05, 0.1) is 0 Å². The maximum absolute atomic E-state index is 14.0. The van der Waals surface area contributed by atoms with E-state index in [-0.39, 0.29) is 18.4 Å². The SMILES string of the molecule is O=C(NCCCCC1NC(=O)C2(CCN(CCCc3ccccc3)CC2)N(CCc2ccccc2)C1=O)OCc1ccccc1. The molecule has 2 heterocycles. The molecule has 2 N–H and O–H groups in total. The Kier molecular flexibility index (Phi) is 11.6. The zero-order valence-electron chi connectivity index (χ0n) is 26.2. The molecule has 5 rings (SSSR count). The average Bonchev–Trinajstić information content (AvgIpc) is 3.08. The first-order valence-electron chi connectivity index (χ1n) is 16.4. The quantitative estimate of drug-likeness (QED) is 0.247. The first-order valence-corrected chi connectivity index (χ1v) is 16.4. The molecule has 2 aliphatic rings. The molecule has 3 amide bonds. The number of rotatable bonds is 14. The van der Waals surface area contributed by atoms with Crippen LogP contribution in [-0.4, -0.2) is 72.0 Å². The first kappa shape index (κ1) is 32.2. The molecule has 0 aromatic heterocycles. The number of carbonyl (C=O) groups excluding carboxylic acids is 3. The van der Waals surface area contributed by atoms with E-state index in [2.05, 4.69) is 51.9 Å². The Balaban J connectivity index is 1.12. The number of nitrogens with zero attached hydrogens (tertiary/aromatic N) is 2. The van der Waals surface area contributed by atoms with Gasteiger partial charge in [0.25, 0.3) is 0 Å². The van der Waals surface area contributed by atoms with E-state index in [1.165, 1.54) is 5.56 Å². The number of hydrogen-bond acceptors (Lipinski definition) is 5. The van der Waals surface area contributed by atoms with Crippen molar-refractivity contribution in [3.05, 3.63) is 108 Å². The van der Waals surface area contributed by atoms with Gasteiger partial charge in [-0.15, -0.1) is 0 Å². The molecule has 238 valence electrons. The number of unbranched alkanes of at least 4 members (excludes halogenated alkanes) is 1. The summed E-state index contributed by atoms with van der Waals surface area (Å²) in [5.74, 6) is -0.00926. The van der Waals surface area contributed by atoms with Gasteiger partial charge < -0.3 is 25.2 Å². The number of amides is 3. The van der Waals surface area contributed by atoms with Gasteiger partial charge in [0.2, 0.25) is 11.8 Å². The lowest BCUT2D eigenvalue weighted by molar-refractivity contribution is -0.161. The zero-order chi connectivity index (χ0) is 31.3. The Morgan fingerprint density at radius 2 is 1.38 bits per heavy atom. The summed E-state index contributed by atoms with van der Waals surface area (Å²) >= 11 is 0. The summed E-state index contributed by atoms with van der Waals surface area (Å²) in [4.78, 5) is 44.2. The molecular formula is C37H46N4O4. The number of nitrogens with one attached hydrogen (secondary N) is 2. The van der Waals surface area contributed by atoms with Crippen LogP contribution in [0, 0.1) is 0 Å². The van der Waals surface area contributed by atoms with Crippen molar-refractivity contribution < 1.29 is 19.1 Å². The number of carbonyl (C=O) groups is 3. The number of hydrogen-bond donors (Lipinski definition) is 2. The van der Waals surface area contributed by atoms with Crippen molar-refractivity contribution in [3.8, 4) is 0 Å². The Hall–Kier alpha value is -4.17. The van der Waals surface area contributed by atoms with Gasteiger partial charge in [0, 0.05) is 26.2 Å². The highest BCUT2D eigenvalue weighted by Crippen LogP contribution is 2.34. The second-order valence-electron chi connectivity index (χ2n) is 12.2. The molecule has 2 fully saturated rings. The lowest BCUT2D eigenvalue weighted by Crippen LogP contribution is -2.73. The Morgan fingerprint density at radius 3 is 2.02 bits per heavy atom. The van der Waals surface area contributed by atoms with Crippen LogP contribution >= 0.6 is 0 Å². The third kappa shape index (κ3) is 8.94. The van der Waals surface area contributed by atoms with Crippen LogP contribution in [0.1, 0.15) is 55.2 Å². The van der Waals surface area contributed by atoms with Crippen LogP contribution in [0.3, 0.4) is 0 Å². The van der Waals surface area contributed by atoms with Crippen molar-refractivity contribution >= 4 is 17.9 Å². The van der Waals surface area contributed by atoms with Gasteiger partial charge in [-0.2, -0.15) is 0 Å². The number of ether oxygens (including phenoxy) is 1. The molecule has 8 nitrogen and oxygen atoms in total. The van der Waals surface area contributed by atoms with Gasteiger partial charge in [0.1, 0.15) is 18.2 Å². The molecule has 8 heteroatoms. The lowest BCUT2D eigenvalue weighted by Gasteiger charge is -2.51. The number of likely N-dealkylation sites (tertiary alicyclic amines) is 1. The number of alkyl carbamates (subject to hydrolysis) is 1. The molecule has 1 spiro atoms. The van der Waals surface area contributed by atoms with Crippen LogP contribution in [0.15, 0.2) is 91.0 Å². The van der Waals surface area contributed by atoms with E-state index < -0.39 is 17.7 Å². The molecule has 0 aliphatic carbocycles. The maximum Gasteiger partial charge on any atom is 0.407 e. The fraction of sp³-hybridized carbons (Fsp3) is 0.432. The molecule has 3 aromatic rings. The Bertz CT molecular complexity index is 1360.